The van der Waals surface area contributed by atoms with Gasteiger partial charge in [-0.3, -0.25) is 4.79 Å². The summed E-state index contributed by atoms with van der Waals surface area (Å²) in [5.41, 5.74) is 0. The predicted molar refractivity (Wildman–Crippen MR) is 79.9 cm³/mol. The smallest absolute Gasteiger partial charge is 0.260 e. The van der Waals surface area contributed by atoms with E-state index in [4.69, 9.17) is 4.74 Å². The van der Waals surface area contributed by atoms with Crippen molar-refractivity contribution in [2.45, 2.75) is 24.3 Å². The van der Waals surface area contributed by atoms with Gasteiger partial charge in [0.15, 0.2) is 6.10 Å². The summed E-state index contributed by atoms with van der Waals surface area (Å²) in [5.74, 6) is 0.640. The number of carbonyl (C=O) groups excluding carboxylic acids is 1. The monoisotopic (exact) mass is 282 g/mol. The Hall–Kier alpha value is -1.20. The lowest BCUT2D eigenvalue weighted by molar-refractivity contribution is -0.127. The average molecular weight is 282 g/mol. The van der Waals surface area contributed by atoms with E-state index < -0.39 is 6.10 Å². The second-order valence-electron chi connectivity index (χ2n) is 4.18. The van der Waals surface area contributed by atoms with Crippen LogP contribution in [0.4, 0.5) is 0 Å². The van der Waals surface area contributed by atoms with Gasteiger partial charge in [0.05, 0.1) is 0 Å². The Morgan fingerprint density at radius 2 is 2.00 bits per heavy atom. The van der Waals surface area contributed by atoms with Crippen LogP contribution in [0, 0.1) is 0 Å². The first-order valence-electron chi connectivity index (χ1n) is 6.40. The van der Waals surface area contributed by atoms with Crippen LogP contribution in [0.15, 0.2) is 29.2 Å². The topological polar surface area (TPSA) is 50.4 Å². The Morgan fingerprint density at radius 1 is 1.32 bits per heavy atom. The lowest BCUT2D eigenvalue weighted by atomic mass is 10.3. The molecule has 1 aromatic carbocycles. The fourth-order valence-corrected chi connectivity index (χ4v) is 1.94. The minimum Gasteiger partial charge on any atom is -0.481 e. The van der Waals surface area contributed by atoms with Gasteiger partial charge < -0.3 is 15.4 Å². The molecule has 106 valence electrons. The first-order valence-corrected chi connectivity index (χ1v) is 7.63. The van der Waals surface area contributed by atoms with Crippen LogP contribution in [-0.2, 0) is 4.79 Å². The number of rotatable bonds is 8. The van der Waals surface area contributed by atoms with Gasteiger partial charge in [0.1, 0.15) is 5.75 Å². The maximum atomic E-state index is 11.8. The van der Waals surface area contributed by atoms with Gasteiger partial charge in [-0.2, -0.15) is 0 Å². The third kappa shape index (κ3) is 5.98. The third-order valence-corrected chi connectivity index (χ3v) is 3.39. The Balaban J connectivity index is 2.35. The molecule has 1 rings (SSSR count). The Labute approximate surface area is 119 Å². The number of hydrogen-bond donors (Lipinski definition) is 2. The molecule has 1 aromatic rings. The summed E-state index contributed by atoms with van der Waals surface area (Å²) in [4.78, 5) is 13.0. The van der Waals surface area contributed by atoms with Crippen molar-refractivity contribution < 1.29 is 9.53 Å². The summed E-state index contributed by atoms with van der Waals surface area (Å²) in [6.45, 7) is 3.32. The molecule has 1 amide bonds. The summed E-state index contributed by atoms with van der Waals surface area (Å²) in [6, 6.07) is 7.74. The van der Waals surface area contributed by atoms with E-state index in [1.165, 1.54) is 4.90 Å². The molecular formula is C14H22N2O2S. The predicted octanol–water partition coefficient (Wildman–Crippen LogP) is 1.90. The summed E-state index contributed by atoms with van der Waals surface area (Å²) in [7, 11) is 1.89. The second kappa shape index (κ2) is 8.82. The van der Waals surface area contributed by atoms with Crippen LogP contribution in [0.2, 0.25) is 0 Å². The molecule has 19 heavy (non-hydrogen) atoms. The summed E-state index contributed by atoms with van der Waals surface area (Å²) in [5, 5.41) is 5.89. The Kier molecular flexibility index (Phi) is 7.36. The molecule has 1 unspecified atom stereocenters. The van der Waals surface area contributed by atoms with Gasteiger partial charge >= 0.3 is 0 Å². The number of hydrogen-bond acceptors (Lipinski definition) is 4. The molecule has 1 atom stereocenters. The standard InChI is InChI=1S/C14H22N2O2S/c1-11(14(17)16-10-4-9-15-2)18-12-5-7-13(19-3)8-6-12/h5-8,11,15H,4,9-10H2,1-3H3,(H,16,17). The van der Waals surface area contributed by atoms with Gasteiger partial charge in [-0.25, -0.2) is 0 Å². The van der Waals surface area contributed by atoms with E-state index >= 15 is 0 Å². The first-order chi connectivity index (χ1) is 9.17. The fraction of sp³-hybridized carbons (Fsp3) is 0.500. The lowest BCUT2D eigenvalue weighted by Gasteiger charge is -2.14. The molecule has 0 spiro atoms. The zero-order valence-electron chi connectivity index (χ0n) is 11.7. The van der Waals surface area contributed by atoms with Gasteiger partial charge in [0.2, 0.25) is 0 Å². The van der Waals surface area contributed by atoms with E-state index in [0.29, 0.717) is 6.54 Å². The highest BCUT2D eigenvalue weighted by Crippen LogP contribution is 2.19. The summed E-state index contributed by atoms with van der Waals surface area (Å²) in [6.07, 6.45) is 2.46. The highest BCUT2D eigenvalue weighted by atomic mass is 32.2. The summed E-state index contributed by atoms with van der Waals surface area (Å²) < 4.78 is 5.60. The maximum absolute atomic E-state index is 11.8. The quantitative estimate of drug-likeness (QED) is 0.565. The van der Waals surface area contributed by atoms with Crippen molar-refractivity contribution in [2.24, 2.45) is 0 Å². The van der Waals surface area contributed by atoms with Crippen molar-refractivity contribution in [1.82, 2.24) is 10.6 Å². The molecular weight excluding hydrogens is 260 g/mol. The Morgan fingerprint density at radius 3 is 2.58 bits per heavy atom. The van der Waals surface area contributed by atoms with Crippen molar-refractivity contribution in [2.75, 3.05) is 26.4 Å². The molecule has 0 fully saturated rings. The van der Waals surface area contributed by atoms with E-state index in [-0.39, 0.29) is 5.91 Å². The second-order valence-corrected chi connectivity index (χ2v) is 5.06. The number of benzene rings is 1. The molecule has 0 aliphatic heterocycles. The van der Waals surface area contributed by atoms with Crippen molar-refractivity contribution in [3.8, 4) is 5.75 Å². The van der Waals surface area contributed by atoms with Gasteiger partial charge in [0.25, 0.3) is 5.91 Å². The third-order valence-electron chi connectivity index (χ3n) is 2.64. The number of nitrogens with one attached hydrogen (secondary N) is 2. The van der Waals surface area contributed by atoms with Crippen molar-refractivity contribution in [3.63, 3.8) is 0 Å². The largest absolute Gasteiger partial charge is 0.481 e. The lowest BCUT2D eigenvalue weighted by Crippen LogP contribution is -2.37. The van der Waals surface area contributed by atoms with Crippen LogP contribution in [0.5, 0.6) is 5.75 Å². The molecule has 0 aliphatic carbocycles. The van der Waals surface area contributed by atoms with E-state index in [1.54, 1.807) is 18.7 Å². The fourth-order valence-electron chi connectivity index (χ4n) is 1.53. The number of amides is 1. The van der Waals surface area contributed by atoms with Crippen LogP contribution in [-0.4, -0.2) is 38.4 Å². The number of thioether (sulfide) groups is 1. The number of ether oxygens (including phenoxy) is 1. The van der Waals surface area contributed by atoms with E-state index in [1.807, 2.05) is 37.6 Å². The molecule has 2 N–H and O–H groups in total. The zero-order valence-corrected chi connectivity index (χ0v) is 12.5. The first kappa shape index (κ1) is 15.9. The SMILES string of the molecule is CNCCCNC(=O)C(C)Oc1ccc(SC)cc1. The van der Waals surface area contributed by atoms with E-state index in [0.717, 1.165) is 18.7 Å². The van der Waals surface area contributed by atoms with E-state index in [9.17, 15) is 4.79 Å². The van der Waals surface area contributed by atoms with Gasteiger partial charge in [-0.1, -0.05) is 0 Å². The molecule has 0 aromatic heterocycles. The molecule has 0 aliphatic rings. The molecule has 0 bridgehead atoms. The molecule has 0 saturated carbocycles. The molecule has 5 heteroatoms. The van der Waals surface area contributed by atoms with Gasteiger partial charge in [0, 0.05) is 11.4 Å². The summed E-state index contributed by atoms with van der Waals surface area (Å²) >= 11 is 1.68. The van der Waals surface area contributed by atoms with Crippen molar-refractivity contribution >= 4 is 17.7 Å². The highest BCUT2D eigenvalue weighted by molar-refractivity contribution is 7.98. The molecule has 0 heterocycles. The molecule has 4 nitrogen and oxygen atoms in total. The highest BCUT2D eigenvalue weighted by Gasteiger charge is 2.13. The minimum absolute atomic E-state index is 0.0787. The van der Waals surface area contributed by atoms with Crippen LogP contribution >= 0.6 is 11.8 Å². The minimum atomic E-state index is -0.477. The van der Waals surface area contributed by atoms with Crippen molar-refractivity contribution in [1.29, 1.82) is 0 Å². The molecule has 0 saturated heterocycles. The zero-order chi connectivity index (χ0) is 14.1. The van der Waals surface area contributed by atoms with Crippen LogP contribution < -0.4 is 15.4 Å². The van der Waals surface area contributed by atoms with E-state index in [2.05, 4.69) is 10.6 Å². The van der Waals surface area contributed by atoms with Crippen LogP contribution in [0.1, 0.15) is 13.3 Å². The number of carbonyl (C=O) groups is 1. The normalized spacial score (nSPS) is 11.9. The van der Waals surface area contributed by atoms with Crippen LogP contribution in [0.3, 0.4) is 0 Å². The average Bonchev–Trinajstić information content (AvgIpc) is 2.44. The van der Waals surface area contributed by atoms with Gasteiger partial charge in [-0.15, -0.1) is 11.8 Å². The Bertz CT molecular complexity index is 382. The maximum Gasteiger partial charge on any atom is 0.260 e. The molecule has 0 radical (unpaired) electrons. The van der Waals surface area contributed by atoms with Gasteiger partial charge in [-0.05, 0) is 57.5 Å². The van der Waals surface area contributed by atoms with Crippen LogP contribution in [0.25, 0.3) is 0 Å². The van der Waals surface area contributed by atoms with Crippen molar-refractivity contribution in [3.05, 3.63) is 24.3 Å².